The fourth-order valence-electron chi connectivity index (χ4n) is 3.22. The SMILES string of the molecule is Cc1ccc(-c2nc(C)c(C(=O)N3CCCC(CCC(N)=O)C3)s2)o1. The van der Waals surface area contributed by atoms with Crippen molar-refractivity contribution in [1.29, 1.82) is 0 Å². The van der Waals surface area contributed by atoms with Crippen LogP contribution in [0.1, 0.15) is 46.8 Å². The molecule has 7 heteroatoms. The van der Waals surface area contributed by atoms with Crippen molar-refractivity contribution >= 4 is 23.2 Å². The van der Waals surface area contributed by atoms with E-state index in [4.69, 9.17) is 10.2 Å². The number of rotatable bonds is 5. The van der Waals surface area contributed by atoms with Crippen molar-refractivity contribution in [2.24, 2.45) is 11.7 Å². The third kappa shape index (κ3) is 4.10. The molecule has 0 spiro atoms. The van der Waals surface area contributed by atoms with E-state index in [2.05, 4.69) is 4.98 Å². The molecule has 0 saturated carbocycles. The Bertz CT molecular complexity index is 780. The van der Waals surface area contributed by atoms with Crippen LogP contribution in [0.15, 0.2) is 16.5 Å². The van der Waals surface area contributed by atoms with Crippen molar-refractivity contribution in [2.45, 2.75) is 39.5 Å². The number of carbonyl (C=O) groups excluding carboxylic acids is 2. The van der Waals surface area contributed by atoms with Crippen molar-refractivity contribution in [1.82, 2.24) is 9.88 Å². The molecular weight excluding hydrogens is 338 g/mol. The van der Waals surface area contributed by atoms with Crippen LogP contribution < -0.4 is 5.73 Å². The second-order valence-corrected chi connectivity index (χ2v) is 7.61. The first kappa shape index (κ1) is 17.7. The Kier molecular flexibility index (Phi) is 5.22. The van der Waals surface area contributed by atoms with E-state index in [9.17, 15) is 9.59 Å². The Balaban J connectivity index is 1.72. The van der Waals surface area contributed by atoms with Crippen molar-refractivity contribution < 1.29 is 14.0 Å². The number of hydrogen-bond donors (Lipinski definition) is 1. The number of thiazole rings is 1. The summed E-state index contributed by atoms with van der Waals surface area (Å²) in [6.07, 6.45) is 3.12. The van der Waals surface area contributed by atoms with Gasteiger partial charge < -0.3 is 15.1 Å². The first-order valence-corrected chi connectivity index (χ1v) is 9.37. The number of primary amides is 1. The molecule has 6 nitrogen and oxygen atoms in total. The minimum atomic E-state index is -0.278. The summed E-state index contributed by atoms with van der Waals surface area (Å²) >= 11 is 1.38. The summed E-state index contributed by atoms with van der Waals surface area (Å²) in [7, 11) is 0. The summed E-state index contributed by atoms with van der Waals surface area (Å²) < 4.78 is 5.61. The van der Waals surface area contributed by atoms with E-state index in [0.717, 1.165) is 42.3 Å². The number of likely N-dealkylation sites (tertiary alicyclic amines) is 1. The van der Waals surface area contributed by atoms with E-state index >= 15 is 0 Å². The molecule has 1 fully saturated rings. The van der Waals surface area contributed by atoms with Gasteiger partial charge in [0.15, 0.2) is 10.8 Å². The lowest BCUT2D eigenvalue weighted by Crippen LogP contribution is -2.40. The van der Waals surface area contributed by atoms with Crippen LogP contribution in [0.3, 0.4) is 0 Å². The highest BCUT2D eigenvalue weighted by atomic mass is 32.1. The molecule has 0 aliphatic carbocycles. The summed E-state index contributed by atoms with van der Waals surface area (Å²) in [6, 6.07) is 3.77. The average molecular weight is 361 g/mol. The van der Waals surface area contributed by atoms with Crippen LogP contribution in [0.4, 0.5) is 0 Å². The van der Waals surface area contributed by atoms with Gasteiger partial charge >= 0.3 is 0 Å². The summed E-state index contributed by atoms with van der Waals surface area (Å²) in [4.78, 5) is 31.0. The molecule has 1 unspecified atom stereocenters. The molecule has 1 aliphatic heterocycles. The highest BCUT2D eigenvalue weighted by Crippen LogP contribution is 2.31. The lowest BCUT2D eigenvalue weighted by molar-refractivity contribution is -0.118. The number of aryl methyl sites for hydroxylation is 2. The number of furan rings is 1. The normalized spacial score (nSPS) is 17.7. The zero-order valence-electron chi connectivity index (χ0n) is 14.6. The molecular formula is C18H23N3O3S. The van der Waals surface area contributed by atoms with E-state index in [-0.39, 0.29) is 11.8 Å². The van der Waals surface area contributed by atoms with Crippen LogP contribution in [-0.4, -0.2) is 34.8 Å². The average Bonchev–Trinajstić information content (AvgIpc) is 3.18. The van der Waals surface area contributed by atoms with Crippen LogP contribution >= 0.6 is 11.3 Å². The van der Waals surface area contributed by atoms with E-state index in [1.165, 1.54) is 11.3 Å². The number of nitrogens with zero attached hydrogens (tertiary/aromatic N) is 2. The first-order chi connectivity index (χ1) is 11.9. The Morgan fingerprint density at radius 3 is 2.88 bits per heavy atom. The van der Waals surface area contributed by atoms with Crippen LogP contribution in [0.2, 0.25) is 0 Å². The molecule has 1 saturated heterocycles. The third-order valence-corrected chi connectivity index (χ3v) is 5.71. The van der Waals surface area contributed by atoms with Gasteiger partial charge in [0.05, 0.1) is 5.69 Å². The van der Waals surface area contributed by atoms with Gasteiger partial charge in [-0.15, -0.1) is 11.3 Å². The fraction of sp³-hybridized carbons (Fsp3) is 0.500. The fourth-order valence-corrected chi connectivity index (χ4v) is 4.22. The van der Waals surface area contributed by atoms with Gasteiger partial charge in [0.1, 0.15) is 10.6 Å². The predicted octanol–water partition coefficient (Wildman–Crippen LogP) is 3.14. The number of amides is 2. The third-order valence-electron chi connectivity index (χ3n) is 4.55. The van der Waals surface area contributed by atoms with Gasteiger partial charge in [0.2, 0.25) is 5.91 Å². The van der Waals surface area contributed by atoms with Crippen LogP contribution in [-0.2, 0) is 4.79 Å². The van der Waals surface area contributed by atoms with E-state index in [1.54, 1.807) is 0 Å². The van der Waals surface area contributed by atoms with Gasteiger partial charge in [-0.05, 0) is 51.2 Å². The van der Waals surface area contributed by atoms with Crippen molar-refractivity contribution in [3.05, 3.63) is 28.5 Å². The molecule has 0 radical (unpaired) electrons. The molecule has 3 rings (SSSR count). The number of hydrogen-bond acceptors (Lipinski definition) is 5. The minimum Gasteiger partial charge on any atom is -0.459 e. The quantitative estimate of drug-likeness (QED) is 0.886. The van der Waals surface area contributed by atoms with Crippen LogP contribution in [0.5, 0.6) is 0 Å². The Morgan fingerprint density at radius 2 is 2.20 bits per heavy atom. The standard InChI is InChI=1S/C18H23N3O3S/c1-11-5-7-14(24-11)17-20-12(2)16(25-17)18(23)21-9-3-4-13(10-21)6-8-15(19)22/h5,7,13H,3-4,6,8-10H2,1-2H3,(H2,19,22). The highest BCUT2D eigenvalue weighted by Gasteiger charge is 2.27. The van der Waals surface area contributed by atoms with E-state index in [1.807, 2.05) is 30.9 Å². The van der Waals surface area contributed by atoms with Gasteiger partial charge in [-0.25, -0.2) is 4.98 Å². The number of carbonyl (C=O) groups is 2. The van der Waals surface area contributed by atoms with Crippen molar-refractivity contribution in [3.8, 4) is 10.8 Å². The number of nitrogens with two attached hydrogens (primary N) is 1. The first-order valence-electron chi connectivity index (χ1n) is 8.56. The van der Waals surface area contributed by atoms with Crippen molar-refractivity contribution in [3.63, 3.8) is 0 Å². The summed E-state index contributed by atoms with van der Waals surface area (Å²) in [6.45, 7) is 5.17. The molecule has 1 atom stereocenters. The summed E-state index contributed by atoms with van der Waals surface area (Å²) in [5.41, 5.74) is 5.97. The molecule has 2 N–H and O–H groups in total. The lowest BCUT2D eigenvalue weighted by Gasteiger charge is -2.32. The molecule has 25 heavy (non-hydrogen) atoms. The van der Waals surface area contributed by atoms with Crippen LogP contribution in [0, 0.1) is 19.8 Å². The molecule has 1 aliphatic rings. The largest absolute Gasteiger partial charge is 0.459 e. The molecule has 0 bridgehead atoms. The molecule has 0 aromatic carbocycles. The van der Waals surface area contributed by atoms with Gasteiger partial charge in [-0.1, -0.05) is 0 Å². The maximum Gasteiger partial charge on any atom is 0.265 e. The van der Waals surface area contributed by atoms with Gasteiger partial charge in [0, 0.05) is 19.5 Å². The molecule has 3 heterocycles. The monoisotopic (exact) mass is 361 g/mol. The second-order valence-electron chi connectivity index (χ2n) is 6.61. The highest BCUT2D eigenvalue weighted by molar-refractivity contribution is 7.17. The summed E-state index contributed by atoms with van der Waals surface area (Å²) in [5, 5.41) is 0.733. The summed E-state index contributed by atoms with van der Waals surface area (Å²) in [5.74, 6) is 1.60. The topological polar surface area (TPSA) is 89.4 Å². The Labute approximate surface area is 151 Å². The lowest BCUT2D eigenvalue weighted by atomic mass is 9.93. The Morgan fingerprint density at radius 1 is 1.40 bits per heavy atom. The molecule has 2 aromatic heterocycles. The van der Waals surface area contributed by atoms with Gasteiger partial charge in [-0.3, -0.25) is 9.59 Å². The molecule has 134 valence electrons. The van der Waals surface area contributed by atoms with Crippen molar-refractivity contribution in [2.75, 3.05) is 13.1 Å². The zero-order chi connectivity index (χ0) is 18.0. The van der Waals surface area contributed by atoms with E-state index in [0.29, 0.717) is 29.5 Å². The maximum atomic E-state index is 12.9. The predicted molar refractivity (Wildman–Crippen MR) is 96.3 cm³/mol. The molecule has 2 aromatic rings. The Hall–Kier alpha value is -2.15. The maximum absolute atomic E-state index is 12.9. The van der Waals surface area contributed by atoms with Crippen LogP contribution in [0.25, 0.3) is 10.8 Å². The van der Waals surface area contributed by atoms with Gasteiger partial charge in [0.25, 0.3) is 5.91 Å². The molecule has 2 amide bonds. The minimum absolute atomic E-state index is 0.0216. The smallest absolute Gasteiger partial charge is 0.265 e. The second kappa shape index (κ2) is 7.39. The number of piperidine rings is 1. The van der Waals surface area contributed by atoms with Gasteiger partial charge in [-0.2, -0.15) is 0 Å². The van der Waals surface area contributed by atoms with E-state index < -0.39 is 0 Å². The number of aromatic nitrogens is 1. The zero-order valence-corrected chi connectivity index (χ0v) is 15.4.